The minimum atomic E-state index is -0.247. The van der Waals surface area contributed by atoms with E-state index in [4.69, 9.17) is 23.2 Å². The average molecular weight is 246 g/mol. The van der Waals surface area contributed by atoms with Crippen LogP contribution in [0.15, 0.2) is 6.07 Å². The van der Waals surface area contributed by atoms with Gasteiger partial charge in [0.25, 0.3) is 5.91 Å². The maximum Gasteiger partial charge on any atom is 0.254 e. The number of aromatic nitrogens is 2. The van der Waals surface area contributed by atoms with Crippen LogP contribution < -0.4 is 5.32 Å². The van der Waals surface area contributed by atoms with Crippen LogP contribution in [-0.4, -0.2) is 22.6 Å². The third-order valence-electron chi connectivity index (χ3n) is 2.21. The molecule has 1 aliphatic carbocycles. The van der Waals surface area contributed by atoms with Gasteiger partial charge in [-0.3, -0.25) is 4.79 Å². The lowest BCUT2D eigenvalue weighted by molar-refractivity contribution is 0.0951. The standard InChI is InChI=1S/C9H9Cl2N3O/c10-7-3-6(8(11)14-13-7)9(15)12-4-5-1-2-5/h3,5H,1-2,4H2,(H,12,15). The van der Waals surface area contributed by atoms with Crippen LogP contribution in [0.5, 0.6) is 0 Å². The molecular weight excluding hydrogens is 237 g/mol. The highest BCUT2D eigenvalue weighted by atomic mass is 35.5. The van der Waals surface area contributed by atoms with E-state index in [0.29, 0.717) is 12.5 Å². The third kappa shape index (κ3) is 2.79. The van der Waals surface area contributed by atoms with Crippen LogP contribution in [0.2, 0.25) is 10.3 Å². The molecule has 0 aliphatic heterocycles. The second-order valence-corrected chi connectivity index (χ2v) is 4.27. The molecule has 1 aliphatic rings. The molecule has 0 atom stereocenters. The molecule has 0 radical (unpaired) electrons. The maximum atomic E-state index is 11.6. The summed E-state index contributed by atoms with van der Waals surface area (Å²) < 4.78 is 0. The Morgan fingerprint density at radius 3 is 2.87 bits per heavy atom. The first-order valence-corrected chi connectivity index (χ1v) is 5.39. The van der Waals surface area contributed by atoms with Crippen molar-refractivity contribution >= 4 is 29.1 Å². The van der Waals surface area contributed by atoms with E-state index < -0.39 is 0 Å². The summed E-state index contributed by atoms with van der Waals surface area (Å²) in [5.74, 6) is 0.377. The zero-order valence-electron chi connectivity index (χ0n) is 7.83. The number of carbonyl (C=O) groups excluding carboxylic acids is 1. The zero-order valence-corrected chi connectivity index (χ0v) is 9.35. The van der Waals surface area contributed by atoms with Crippen LogP contribution >= 0.6 is 23.2 Å². The molecule has 1 N–H and O–H groups in total. The van der Waals surface area contributed by atoms with E-state index in [1.54, 1.807) is 0 Å². The monoisotopic (exact) mass is 245 g/mol. The van der Waals surface area contributed by atoms with Crippen molar-refractivity contribution in [2.24, 2.45) is 5.92 Å². The van der Waals surface area contributed by atoms with Crippen molar-refractivity contribution in [1.82, 2.24) is 15.5 Å². The largest absolute Gasteiger partial charge is 0.352 e. The quantitative estimate of drug-likeness (QED) is 0.886. The van der Waals surface area contributed by atoms with Gasteiger partial charge in [0.05, 0.1) is 5.56 Å². The summed E-state index contributed by atoms with van der Waals surface area (Å²) in [5, 5.41) is 10.1. The predicted molar refractivity (Wildman–Crippen MR) is 57.1 cm³/mol. The first-order chi connectivity index (χ1) is 7.16. The Labute approximate surface area is 97.0 Å². The van der Waals surface area contributed by atoms with E-state index >= 15 is 0 Å². The lowest BCUT2D eigenvalue weighted by atomic mass is 10.3. The highest BCUT2D eigenvalue weighted by molar-refractivity contribution is 6.34. The minimum Gasteiger partial charge on any atom is -0.352 e. The van der Waals surface area contributed by atoms with Gasteiger partial charge in [0.15, 0.2) is 10.3 Å². The number of carbonyl (C=O) groups is 1. The molecule has 6 heteroatoms. The molecule has 80 valence electrons. The lowest BCUT2D eigenvalue weighted by Crippen LogP contribution is -2.26. The van der Waals surface area contributed by atoms with Crippen molar-refractivity contribution in [3.8, 4) is 0 Å². The highest BCUT2D eigenvalue weighted by Crippen LogP contribution is 2.27. The van der Waals surface area contributed by atoms with Gasteiger partial charge in [-0.2, -0.15) is 0 Å². The van der Waals surface area contributed by atoms with E-state index in [1.807, 2.05) is 0 Å². The SMILES string of the molecule is O=C(NCC1CC1)c1cc(Cl)nnc1Cl. The van der Waals surface area contributed by atoms with E-state index in [1.165, 1.54) is 18.9 Å². The van der Waals surface area contributed by atoms with Crippen LogP contribution in [0.25, 0.3) is 0 Å². The summed E-state index contributed by atoms with van der Waals surface area (Å²) >= 11 is 11.4. The van der Waals surface area contributed by atoms with Gasteiger partial charge in [0.1, 0.15) is 0 Å². The van der Waals surface area contributed by atoms with Gasteiger partial charge in [-0.1, -0.05) is 23.2 Å². The van der Waals surface area contributed by atoms with Gasteiger partial charge in [0, 0.05) is 6.54 Å². The molecule has 0 aromatic carbocycles. The van der Waals surface area contributed by atoms with E-state index in [0.717, 1.165) is 0 Å². The molecular formula is C9H9Cl2N3O. The Hall–Kier alpha value is -0.870. The molecule has 0 unspecified atom stereocenters. The number of rotatable bonds is 3. The highest BCUT2D eigenvalue weighted by Gasteiger charge is 2.22. The maximum absolute atomic E-state index is 11.6. The molecule has 0 saturated heterocycles. The van der Waals surface area contributed by atoms with Gasteiger partial charge in [-0.15, -0.1) is 10.2 Å². The van der Waals surface area contributed by atoms with Crippen LogP contribution in [0.4, 0.5) is 0 Å². The van der Waals surface area contributed by atoms with E-state index in [2.05, 4.69) is 15.5 Å². The summed E-state index contributed by atoms with van der Waals surface area (Å²) in [6.45, 7) is 0.690. The van der Waals surface area contributed by atoms with Crippen LogP contribution in [0.1, 0.15) is 23.2 Å². The zero-order chi connectivity index (χ0) is 10.8. The Bertz CT molecular complexity index is 393. The molecule has 1 saturated carbocycles. The summed E-state index contributed by atoms with van der Waals surface area (Å²) in [6, 6.07) is 1.42. The van der Waals surface area contributed by atoms with Crippen LogP contribution in [0.3, 0.4) is 0 Å². The van der Waals surface area contributed by atoms with E-state index in [9.17, 15) is 4.79 Å². The van der Waals surface area contributed by atoms with Crippen molar-refractivity contribution in [2.75, 3.05) is 6.54 Å². The second kappa shape index (κ2) is 4.33. The molecule has 1 aromatic rings. The Balaban J connectivity index is 2.05. The van der Waals surface area contributed by atoms with Crippen molar-refractivity contribution in [1.29, 1.82) is 0 Å². The fourth-order valence-electron chi connectivity index (χ4n) is 1.17. The lowest BCUT2D eigenvalue weighted by Gasteiger charge is -2.04. The van der Waals surface area contributed by atoms with Crippen LogP contribution in [-0.2, 0) is 0 Å². The Kier molecular flexibility index (Phi) is 3.07. The molecule has 1 fully saturated rings. The predicted octanol–water partition coefficient (Wildman–Crippen LogP) is 1.92. The number of halogens is 2. The number of nitrogens with zero attached hydrogens (tertiary/aromatic N) is 2. The Morgan fingerprint density at radius 1 is 1.47 bits per heavy atom. The average Bonchev–Trinajstić information content (AvgIpc) is 3.02. The van der Waals surface area contributed by atoms with Gasteiger partial charge in [-0.05, 0) is 24.8 Å². The number of hydrogen-bond donors (Lipinski definition) is 1. The van der Waals surface area contributed by atoms with Gasteiger partial charge in [0.2, 0.25) is 0 Å². The van der Waals surface area contributed by atoms with Crippen molar-refractivity contribution in [2.45, 2.75) is 12.8 Å². The molecule has 15 heavy (non-hydrogen) atoms. The van der Waals surface area contributed by atoms with Gasteiger partial charge in [-0.25, -0.2) is 0 Å². The Morgan fingerprint density at radius 2 is 2.20 bits per heavy atom. The van der Waals surface area contributed by atoms with Crippen LogP contribution in [0, 0.1) is 5.92 Å². The number of nitrogens with one attached hydrogen (secondary N) is 1. The number of amides is 1. The summed E-state index contributed by atoms with van der Waals surface area (Å²) in [5.41, 5.74) is 0.275. The fraction of sp³-hybridized carbons (Fsp3) is 0.444. The molecule has 4 nitrogen and oxygen atoms in total. The van der Waals surface area contributed by atoms with E-state index in [-0.39, 0.29) is 21.8 Å². The minimum absolute atomic E-state index is 0.0766. The summed E-state index contributed by atoms with van der Waals surface area (Å²) in [6.07, 6.45) is 2.37. The number of hydrogen-bond acceptors (Lipinski definition) is 3. The van der Waals surface area contributed by atoms with Gasteiger partial charge >= 0.3 is 0 Å². The molecule has 1 amide bonds. The molecule has 1 aromatic heterocycles. The summed E-state index contributed by atoms with van der Waals surface area (Å²) in [7, 11) is 0. The third-order valence-corrected chi connectivity index (χ3v) is 2.68. The first-order valence-electron chi connectivity index (χ1n) is 4.63. The normalized spacial score (nSPS) is 15.1. The van der Waals surface area contributed by atoms with Crippen molar-refractivity contribution < 1.29 is 4.79 Å². The molecule has 1 heterocycles. The smallest absolute Gasteiger partial charge is 0.254 e. The fourth-order valence-corrected chi connectivity index (χ4v) is 1.49. The second-order valence-electron chi connectivity index (χ2n) is 3.52. The molecule has 0 bridgehead atoms. The van der Waals surface area contributed by atoms with Crippen molar-refractivity contribution in [3.63, 3.8) is 0 Å². The van der Waals surface area contributed by atoms with Gasteiger partial charge < -0.3 is 5.32 Å². The molecule has 2 rings (SSSR count). The van der Waals surface area contributed by atoms with Crippen molar-refractivity contribution in [3.05, 3.63) is 21.9 Å². The molecule has 0 spiro atoms. The first kappa shape index (κ1) is 10.6. The topological polar surface area (TPSA) is 54.9 Å². The summed E-state index contributed by atoms with van der Waals surface area (Å²) in [4.78, 5) is 11.6.